The second-order valence-corrected chi connectivity index (χ2v) is 3.95. The number of ether oxygens (including phenoxy) is 1. The molecule has 3 amide bonds. The summed E-state index contributed by atoms with van der Waals surface area (Å²) in [5.41, 5.74) is 0. The fourth-order valence-corrected chi connectivity index (χ4v) is 1.64. The molecule has 0 aliphatic rings. The van der Waals surface area contributed by atoms with Crippen molar-refractivity contribution in [3.05, 3.63) is 17.5 Å². The van der Waals surface area contributed by atoms with Gasteiger partial charge in [0.25, 0.3) is 0 Å². The molecular weight excluding hydrogens is 242 g/mol. The lowest BCUT2D eigenvalue weighted by atomic mass is 10.6. The van der Waals surface area contributed by atoms with Crippen molar-refractivity contribution in [1.29, 1.82) is 0 Å². The van der Waals surface area contributed by atoms with Gasteiger partial charge in [-0.1, -0.05) is 0 Å². The van der Waals surface area contributed by atoms with Crippen molar-refractivity contribution in [3.63, 3.8) is 0 Å². The van der Waals surface area contributed by atoms with E-state index in [-0.39, 0.29) is 6.03 Å². The van der Waals surface area contributed by atoms with Gasteiger partial charge in [0.15, 0.2) is 0 Å². The minimum atomic E-state index is -0.479. The van der Waals surface area contributed by atoms with Gasteiger partial charge in [-0.3, -0.25) is 5.32 Å². The first kappa shape index (κ1) is 13.3. The topological polar surface area (TPSA) is 79.5 Å². The fourth-order valence-electron chi connectivity index (χ4n) is 1.03. The van der Waals surface area contributed by atoms with Crippen LogP contribution in [0.4, 0.5) is 14.6 Å². The lowest BCUT2D eigenvalue weighted by Crippen LogP contribution is -2.36. The van der Waals surface area contributed by atoms with Gasteiger partial charge in [0.1, 0.15) is 0 Å². The van der Waals surface area contributed by atoms with Crippen LogP contribution in [-0.2, 0) is 4.74 Å². The van der Waals surface area contributed by atoms with Gasteiger partial charge in [-0.05, 0) is 24.4 Å². The number of urea groups is 1. The van der Waals surface area contributed by atoms with Crippen LogP contribution in [0.5, 0.6) is 0 Å². The van der Waals surface area contributed by atoms with Gasteiger partial charge in [-0.15, -0.1) is 11.3 Å². The third-order valence-corrected chi connectivity index (χ3v) is 2.50. The summed E-state index contributed by atoms with van der Waals surface area (Å²) in [6.45, 7) is 2.73. The highest BCUT2D eigenvalue weighted by molar-refractivity contribution is 7.14. The van der Waals surface area contributed by atoms with E-state index in [0.717, 1.165) is 5.00 Å². The molecule has 3 N–H and O–H groups in total. The fraction of sp³-hybridized carbons (Fsp3) is 0.400. The summed E-state index contributed by atoms with van der Waals surface area (Å²) in [6.07, 6.45) is -0.479. The van der Waals surface area contributed by atoms with E-state index >= 15 is 0 Å². The van der Waals surface area contributed by atoms with Crippen molar-refractivity contribution in [2.45, 2.75) is 6.92 Å². The molecule has 0 aromatic carbocycles. The highest BCUT2D eigenvalue weighted by Gasteiger charge is 2.02. The number of carbonyl (C=O) groups is 2. The van der Waals surface area contributed by atoms with Crippen LogP contribution in [0, 0.1) is 0 Å². The van der Waals surface area contributed by atoms with Crippen LogP contribution in [-0.4, -0.2) is 31.8 Å². The number of rotatable bonds is 5. The zero-order valence-corrected chi connectivity index (χ0v) is 10.3. The summed E-state index contributed by atoms with van der Waals surface area (Å²) >= 11 is 1.44. The molecule has 1 heterocycles. The van der Waals surface area contributed by atoms with Crippen LogP contribution >= 0.6 is 11.3 Å². The summed E-state index contributed by atoms with van der Waals surface area (Å²) in [4.78, 5) is 22.2. The van der Waals surface area contributed by atoms with E-state index in [1.54, 1.807) is 13.0 Å². The third-order valence-electron chi connectivity index (χ3n) is 1.71. The molecule has 0 saturated carbocycles. The Bertz CT molecular complexity index is 354. The summed E-state index contributed by atoms with van der Waals surface area (Å²) in [5.74, 6) is 0. The Morgan fingerprint density at radius 1 is 1.35 bits per heavy atom. The predicted molar refractivity (Wildman–Crippen MR) is 66.4 cm³/mol. The zero-order chi connectivity index (χ0) is 12.5. The number of carbonyl (C=O) groups excluding carboxylic acids is 2. The van der Waals surface area contributed by atoms with Gasteiger partial charge in [-0.2, -0.15) is 0 Å². The molecule has 0 radical (unpaired) electrons. The van der Waals surface area contributed by atoms with E-state index in [9.17, 15) is 9.59 Å². The summed E-state index contributed by atoms with van der Waals surface area (Å²) < 4.78 is 4.66. The first-order valence-electron chi connectivity index (χ1n) is 5.21. The van der Waals surface area contributed by atoms with E-state index in [4.69, 9.17) is 0 Å². The molecule has 94 valence electrons. The number of hydrogen-bond acceptors (Lipinski definition) is 4. The van der Waals surface area contributed by atoms with E-state index in [0.29, 0.717) is 19.7 Å². The van der Waals surface area contributed by atoms with Crippen LogP contribution in [0.15, 0.2) is 17.5 Å². The largest absolute Gasteiger partial charge is 0.450 e. The second-order valence-electron chi connectivity index (χ2n) is 3.01. The van der Waals surface area contributed by atoms with Gasteiger partial charge in [-0.25, -0.2) is 9.59 Å². The molecule has 1 aromatic rings. The lowest BCUT2D eigenvalue weighted by molar-refractivity contribution is 0.152. The Hall–Kier alpha value is -1.76. The molecule has 6 nitrogen and oxygen atoms in total. The molecular formula is C10H15N3O3S. The number of hydrogen-bond donors (Lipinski definition) is 3. The molecule has 0 aliphatic carbocycles. The molecule has 7 heteroatoms. The molecule has 0 spiro atoms. The molecule has 1 rings (SSSR count). The van der Waals surface area contributed by atoms with Gasteiger partial charge in [0, 0.05) is 13.1 Å². The highest BCUT2D eigenvalue weighted by atomic mass is 32.1. The van der Waals surface area contributed by atoms with Gasteiger partial charge in [0.2, 0.25) is 0 Å². The predicted octanol–water partition coefficient (Wildman–Crippen LogP) is 1.62. The van der Waals surface area contributed by atoms with Crippen LogP contribution < -0.4 is 16.0 Å². The third kappa shape index (κ3) is 5.76. The Kier molecular flexibility index (Phi) is 5.87. The first-order chi connectivity index (χ1) is 8.22. The van der Waals surface area contributed by atoms with Gasteiger partial charge < -0.3 is 15.4 Å². The Morgan fingerprint density at radius 3 is 2.76 bits per heavy atom. The SMILES string of the molecule is CCOC(=O)NCCNC(=O)Nc1cccs1. The van der Waals surface area contributed by atoms with Crippen molar-refractivity contribution in [1.82, 2.24) is 10.6 Å². The summed E-state index contributed by atoms with van der Waals surface area (Å²) in [6, 6.07) is 3.36. The molecule has 0 bridgehead atoms. The summed E-state index contributed by atoms with van der Waals surface area (Å²) in [5, 5.41) is 10.4. The van der Waals surface area contributed by atoms with Crippen LogP contribution in [0.3, 0.4) is 0 Å². The van der Waals surface area contributed by atoms with Crippen molar-refractivity contribution in [2.24, 2.45) is 0 Å². The molecule has 0 fully saturated rings. The maximum absolute atomic E-state index is 11.3. The maximum Gasteiger partial charge on any atom is 0.407 e. The zero-order valence-electron chi connectivity index (χ0n) is 9.49. The van der Waals surface area contributed by atoms with Crippen molar-refractivity contribution < 1.29 is 14.3 Å². The molecule has 1 aromatic heterocycles. The quantitative estimate of drug-likeness (QED) is 0.701. The van der Waals surface area contributed by atoms with Crippen molar-refractivity contribution in [3.8, 4) is 0 Å². The Labute approximate surface area is 103 Å². The normalized spacial score (nSPS) is 9.47. The average molecular weight is 257 g/mol. The smallest absolute Gasteiger partial charge is 0.407 e. The van der Waals surface area contributed by atoms with E-state index in [1.807, 2.05) is 11.4 Å². The van der Waals surface area contributed by atoms with Crippen LogP contribution in [0.2, 0.25) is 0 Å². The monoisotopic (exact) mass is 257 g/mol. The van der Waals surface area contributed by atoms with Crippen LogP contribution in [0.1, 0.15) is 6.92 Å². The van der Waals surface area contributed by atoms with Gasteiger partial charge >= 0.3 is 12.1 Å². The van der Waals surface area contributed by atoms with E-state index in [2.05, 4.69) is 20.7 Å². The molecule has 0 aliphatic heterocycles. The standard InChI is InChI=1S/C10H15N3O3S/c1-2-16-10(15)12-6-5-11-9(14)13-8-4-3-7-17-8/h3-4,7H,2,5-6H2,1H3,(H,12,15)(H2,11,13,14). The first-order valence-corrected chi connectivity index (χ1v) is 6.09. The minimum absolute atomic E-state index is 0.293. The number of thiophene rings is 1. The van der Waals surface area contributed by atoms with E-state index in [1.165, 1.54) is 11.3 Å². The van der Waals surface area contributed by atoms with Crippen molar-refractivity contribution >= 4 is 28.5 Å². The Balaban J connectivity index is 2.06. The number of anilines is 1. The average Bonchev–Trinajstić information content (AvgIpc) is 2.77. The van der Waals surface area contributed by atoms with Crippen LogP contribution in [0.25, 0.3) is 0 Å². The highest BCUT2D eigenvalue weighted by Crippen LogP contribution is 2.14. The van der Waals surface area contributed by atoms with Gasteiger partial charge in [0.05, 0.1) is 11.6 Å². The Morgan fingerprint density at radius 2 is 2.12 bits per heavy atom. The molecule has 17 heavy (non-hydrogen) atoms. The second kappa shape index (κ2) is 7.50. The molecule has 0 saturated heterocycles. The minimum Gasteiger partial charge on any atom is -0.450 e. The summed E-state index contributed by atoms with van der Waals surface area (Å²) in [7, 11) is 0. The molecule has 0 unspecified atom stereocenters. The maximum atomic E-state index is 11.3. The lowest BCUT2D eigenvalue weighted by Gasteiger charge is -2.07. The van der Waals surface area contributed by atoms with E-state index < -0.39 is 6.09 Å². The number of alkyl carbamates (subject to hydrolysis) is 1. The van der Waals surface area contributed by atoms with Crippen molar-refractivity contribution in [2.75, 3.05) is 25.0 Å². The number of nitrogens with one attached hydrogen (secondary N) is 3. The number of amides is 3. The molecule has 0 atom stereocenters.